The minimum atomic E-state index is -0.435. The summed E-state index contributed by atoms with van der Waals surface area (Å²) >= 11 is 7.36. The summed E-state index contributed by atoms with van der Waals surface area (Å²) in [5, 5.41) is 2.75. The maximum atomic E-state index is 13.0. The van der Waals surface area contributed by atoms with Crippen molar-refractivity contribution in [1.29, 1.82) is 0 Å². The van der Waals surface area contributed by atoms with E-state index in [0.29, 0.717) is 11.6 Å². The average Bonchev–Trinajstić information content (AvgIpc) is 2.90. The van der Waals surface area contributed by atoms with Gasteiger partial charge in [0.05, 0.1) is 10.4 Å². The molecule has 0 radical (unpaired) electrons. The first kappa shape index (κ1) is 13.0. The molecule has 3 rings (SSSR count). The number of hydrogen-bond acceptors (Lipinski definition) is 6. The Morgan fingerprint density at radius 2 is 2.15 bits per heavy atom. The normalized spacial score (nSPS) is 10.8. The van der Waals surface area contributed by atoms with Crippen molar-refractivity contribution >= 4 is 39.1 Å². The molecule has 3 N–H and O–H groups in total. The molecule has 0 aliphatic carbocycles. The summed E-state index contributed by atoms with van der Waals surface area (Å²) in [5.74, 6) is 5.73. The van der Waals surface area contributed by atoms with Crippen LogP contribution in [0.3, 0.4) is 0 Å². The number of nitrogens with zero attached hydrogens (tertiary/aromatic N) is 2. The molecule has 0 atom stereocenters. The zero-order chi connectivity index (χ0) is 14.1. The minimum Gasteiger partial charge on any atom is -0.437 e. The third-order valence-electron chi connectivity index (χ3n) is 2.52. The maximum absolute atomic E-state index is 13.0. The summed E-state index contributed by atoms with van der Waals surface area (Å²) in [6.07, 6.45) is 0. The van der Waals surface area contributed by atoms with Gasteiger partial charge in [0.2, 0.25) is 11.8 Å². The van der Waals surface area contributed by atoms with E-state index in [0.717, 1.165) is 10.2 Å². The summed E-state index contributed by atoms with van der Waals surface area (Å²) in [6, 6.07) is 5.70. The number of hydrogen-bond donors (Lipinski definition) is 2. The Labute approximate surface area is 122 Å². The quantitative estimate of drug-likeness (QED) is 0.571. The van der Waals surface area contributed by atoms with Gasteiger partial charge in [-0.05, 0) is 29.6 Å². The highest BCUT2D eigenvalue weighted by Gasteiger charge is 2.12. The molecule has 0 aliphatic rings. The second-order valence-corrected chi connectivity index (χ2v) is 5.11. The standard InChI is InChI=1S/C12H8ClFN4OS/c13-8-5-6(14)1-2-9(8)19-10-7-3-4-20-11(7)17-12(16-10)18-15/h1-5H,15H2,(H,16,17,18). The molecule has 0 saturated carbocycles. The lowest BCUT2D eigenvalue weighted by Gasteiger charge is -2.08. The second kappa shape index (κ2) is 5.20. The van der Waals surface area contributed by atoms with Gasteiger partial charge in [-0.3, -0.25) is 5.43 Å². The van der Waals surface area contributed by atoms with Gasteiger partial charge >= 0.3 is 0 Å². The van der Waals surface area contributed by atoms with E-state index in [1.807, 2.05) is 11.4 Å². The maximum Gasteiger partial charge on any atom is 0.241 e. The van der Waals surface area contributed by atoms with Crippen molar-refractivity contribution in [3.63, 3.8) is 0 Å². The summed E-state index contributed by atoms with van der Waals surface area (Å²) < 4.78 is 18.7. The van der Waals surface area contributed by atoms with E-state index >= 15 is 0 Å². The second-order valence-electron chi connectivity index (χ2n) is 3.81. The van der Waals surface area contributed by atoms with Crippen molar-refractivity contribution in [1.82, 2.24) is 9.97 Å². The van der Waals surface area contributed by atoms with Crippen LogP contribution in [0.25, 0.3) is 10.2 Å². The highest BCUT2D eigenvalue weighted by Crippen LogP contribution is 2.34. The highest BCUT2D eigenvalue weighted by molar-refractivity contribution is 7.16. The predicted octanol–water partition coefficient (Wildman–Crippen LogP) is 3.56. The third-order valence-corrected chi connectivity index (χ3v) is 3.62. The smallest absolute Gasteiger partial charge is 0.241 e. The number of benzene rings is 1. The SMILES string of the molecule is NNc1nc(Oc2ccc(F)cc2Cl)c2ccsc2n1. The number of nitrogens with two attached hydrogens (primary N) is 1. The van der Waals surface area contributed by atoms with Crippen LogP contribution >= 0.6 is 22.9 Å². The molecule has 0 aliphatic heterocycles. The van der Waals surface area contributed by atoms with E-state index in [9.17, 15) is 4.39 Å². The van der Waals surface area contributed by atoms with Crippen molar-refractivity contribution < 1.29 is 9.13 Å². The predicted molar refractivity (Wildman–Crippen MR) is 76.7 cm³/mol. The van der Waals surface area contributed by atoms with Crippen molar-refractivity contribution in [2.75, 3.05) is 5.43 Å². The van der Waals surface area contributed by atoms with Crippen LogP contribution in [0.1, 0.15) is 0 Å². The Morgan fingerprint density at radius 3 is 2.90 bits per heavy atom. The number of ether oxygens (including phenoxy) is 1. The van der Waals surface area contributed by atoms with Crippen LogP contribution in [0.2, 0.25) is 5.02 Å². The molecule has 5 nitrogen and oxygen atoms in total. The Bertz CT molecular complexity index is 779. The minimum absolute atomic E-state index is 0.161. The monoisotopic (exact) mass is 310 g/mol. The van der Waals surface area contributed by atoms with Gasteiger partial charge in [-0.1, -0.05) is 11.6 Å². The number of nitrogens with one attached hydrogen (secondary N) is 1. The first-order chi connectivity index (χ1) is 9.67. The molecule has 20 heavy (non-hydrogen) atoms. The van der Waals surface area contributed by atoms with Gasteiger partial charge in [0, 0.05) is 0 Å². The van der Waals surface area contributed by atoms with Crippen molar-refractivity contribution in [3.05, 3.63) is 40.5 Å². The molecular formula is C12H8ClFN4OS. The van der Waals surface area contributed by atoms with Crippen LogP contribution in [-0.4, -0.2) is 9.97 Å². The molecule has 2 aromatic heterocycles. The molecule has 1 aromatic carbocycles. The Hall–Kier alpha value is -1.96. The highest BCUT2D eigenvalue weighted by atomic mass is 35.5. The molecule has 0 amide bonds. The number of fused-ring (bicyclic) bond motifs is 1. The van der Waals surface area contributed by atoms with E-state index < -0.39 is 5.82 Å². The fraction of sp³-hybridized carbons (Fsp3) is 0. The molecule has 2 heterocycles. The summed E-state index contributed by atoms with van der Waals surface area (Å²) in [5.41, 5.74) is 2.37. The zero-order valence-corrected chi connectivity index (χ0v) is 11.5. The number of rotatable bonds is 3. The van der Waals surface area contributed by atoms with Gasteiger partial charge in [-0.2, -0.15) is 4.98 Å². The molecular weight excluding hydrogens is 303 g/mol. The number of aromatic nitrogens is 2. The average molecular weight is 311 g/mol. The lowest BCUT2D eigenvalue weighted by molar-refractivity contribution is 0.467. The van der Waals surface area contributed by atoms with Gasteiger partial charge < -0.3 is 4.74 Å². The van der Waals surface area contributed by atoms with E-state index in [1.165, 1.54) is 29.5 Å². The molecule has 0 spiro atoms. The fourth-order valence-corrected chi connectivity index (χ4v) is 2.59. The van der Waals surface area contributed by atoms with Crippen molar-refractivity contribution in [2.24, 2.45) is 5.84 Å². The van der Waals surface area contributed by atoms with Gasteiger partial charge in [-0.25, -0.2) is 15.2 Å². The third kappa shape index (κ3) is 2.38. The zero-order valence-electron chi connectivity index (χ0n) is 9.93. The molecule has 0 fully saturated rings. The van der Waals surface area contributed by atoms with Crippen LogP contribution in [0.4, 0.5) is 10.3 Å². The number of thiophene rings is 1. The molecule has 102 valence electrons. The number of anilines is 1. The first-order valence-electron chi connectivity index (χ1n) is 5.52. The lowest BCUT2D eigenvalue weighted by atomic mass is 10.3. The van der Waals surface area contributed by atoms with Gasteiger partial charge in [0.1, 0.15) is 16.4 Å². The van der Waals surface area contributed by atoms with Crippen molar-refractivity contribution in [3.8, 4) is 11.6 Å². The van der Waals surface area contributed by atoms with Crippen LogP contribution in [0, 0.1) is 5.82 Å². The molecule has 0 unspecified atom stereocenters. The summed E-state index contributed by atoms with van der Waals surface area (Å²) in [4.78, 5) is 9.05. The fourth-order valence-electron chi connectivity index (χ4n) is 1.63. The Kier molecular flexibility index (Phi) is 3.39. The van der Waals surface area contributed by atoms with Crippen LogP contribution < -0.4 is 16.0 Å². The van der Waals surface area contributed by atoms with Crippen LogP contribution in [0.5, 0.6) is 11.6 Å². The molecule has 0 bridgehead atoms. The number of nitrogen functional groups attached to an aromatic ring is 1. The Balaban J connectivity index is 2.07. The Morgan fingerprint density at radius 1 is 1.30 bits per heavy atom. The van der Waals surface area contributed by atoms with E-state index in [1.54, 1.807) is 0 Å². The largest absolute Gasteiger partial charge is 0.437 e. The summed E-state index contributed by atoms with van der Waals surface area (Å²) in [7, 11) is 0. The molecule has 8 heteroatoms. The van der Waals surface area contributed by atoms with Gasteiger partial charge in [0.25, 0.3) is 0 Å². The molecule has 0 saturated heterocycles. The van der Waals surface area contributed by atoms with E-state index in [-0.39, 0.29) is 11.0 Å². The number of halogens is 2. The number of hydrazine groups is 1. The van der Waals surface area contributed by atoms with E-state index in [2.05, 4.69) is 15.4 Å². The van der Waals surface area contributed by atoms with Gasteiger partial charge in [-0.15, -0.1) is 11.3 Å². The topological polar surface area (TPSA) is 73.1 Å². The van der Waals surface area contributed by atoms with Gasteiger partial charge in [0.15, 0.2) is 0 Å². The first-order valence-corrected chi connectivity index (χ1v) is 6.78. The van der Waals surface area contributed by atoms with Crippen LogP contribution in [-0.2, 0) is 0 Å². The summed E-state index contributed by atoms with van der Waals surface area (Å²) in [6.45, 7) is 0. The van der Waals surface area contributed by atoms with Crippen LogP contribution in [0.15, 0.2) is 29.6 Å². The van der Waals surface area contributed by atoms with Crippen molar-refractivity contribution in [2.45, 2.75) is 0 Å². The van der Waals surface area contributed by atoms with E-state index in [4.69, 9.17) is 22.2 Å². The lowest BCUT2D eigenvalue weighted by Crippen LogP contribution is -2.10. The molecule has 3 aromatic rings.